The maximum Gasteiger partial charge on any atom is 0.387 e. The van der Waals surface area contributed by atoms with Gasteiger partial charge in [-0.1, -0.05) is 12.1 Å². The molecule has 0 fully saturated rings. The van der Waals surface area contributed by atoms with E-state index in [-0.39, 0.29) is 11.7 Å². The molecule has 5 nitrogen and oxygen atoms in total. The molecule has 0 spiro atoms. The predicted molar refractivity (Wildman–Crippen MR) is 108 cm³/mol. The number of thiazole rings is 1. The van der Waals surface area contributed by atoms with Crippen molar-refractivity contribution in [3.05, 3.63) is 65.2 Å². The van der Waals surface area contributed by atoms with Crippen molar-refractivity contribution in [2.75, 3.05) is 13.7 Å². The highest BCUT2D eigenvalue weighted by molar-refractivity contribution is 7.13. The molecule has 0 saturated carbocycles. The van der Waals surface area contributed by atoms with Crippen LogP contribution in [0.1, 0.15) is 23.0 Å². The molecule has 0 aliphatic rings. The summed E-state index contributed by atoms with van der Waals surface area (Å²) in [6, 6.07) is 13.8. The summed E-state index contributed by atoms with van der Waals surface area (Å²) >= 11 is 1.39. The Morgan fingerprint density at radius 1 is 1.10 bits per heavy atom. The molecular formula is C21H20F2N2O3S. The summed E-state index contributed by atoms with van der Waals surface area (Å²) < 4.78 is 34.2. The van der Waals surface area contributed by atoms with Gasteiger partial charge in [0.05, 0.1) is 6.61 Å². The Morgan fingerprint density at radius 2 is 1.76 bits per heavy atom. The summed E-state index contributed by atoms with van der Waals surface area (Å²) in [4.78, 5) is 18.6. The molecule has 1 aromatic heterocycles. The van der Waals surface area contributed by atoms with Gasteiger partial charge >= 0.3 is 6.61 Å². The van der Waals surface area contributed by atoms with E-state index in [1.54, 1.807) is 24.6 Å². The van der Waals surface area contributed by atoms with Crippen LogP contribution in [0.5, 0.6) is 11.5 Å². The fourth-order valence-corrected chi connectivity index (χ4v) is 3.48. The molecule has 1 amide bonds. The van der Waals surface area contributed by atoms with Gasteiger partial charge in [0.15, 0.2) is 0 Å². The topological polar surface area (TPSA) is 51.7 Å². The highest BCUT2D eigenvalue weighted by Crippen LogP contribution is 2.26. The Labute approximate surface area is 171 Å². The van der Waals surface area contributed by atoms with Crippen LogP contribution in [0.15, 0.2) is 53.9 Å². The van der Waals surface area contributed by atoms with Crippen LogP contribution >= 0.6 is 11.3 Å². The third-order valence-corrected chi connectivity index (χ3v) is 4.94. The second-order valence-electron chi connectivity index (χ2n) is 6.18. The molecule has 29 heavy (non-hydrogen) atoms. The summed E-state index contributed by atoms with van der Waals surface area (Å²) in [5, 5.41) is 2.47. The zero-order chi connectivity index (χ0) is 20.8. The SMILES string of the molecule is CCOc1ccc(-c2nc(C(=O)N(C)Cc3ccc(OC(F)F)cc3)cs2)cc1. The summed E-state index contributed by atoms with van der Waals surface area (Å²) in [6.45, 7) is -0.0126. The lowest BCUT2D eigenvalue weighted by atomic mass is 10.2. The van der Waals surface area contributed by atoms with E-state index in [9.17, 15) is 13.6 Å². The summed E-state index contributed by atoms with van der Waals surface area (Å²) in [7, 11) is 1.67. The Kier molecular flexibility index (Phi) is 6.77. The Bertz CT molecular complexity index is 943. The maximum absolute atomic E-state index is 12.7. The van der Waals surface area contributed by atoms with Gasteiger partial charge in [-0.25, -0.2) is 4.98 Å². The number of carbonyl (C=O) groups is 1. The number of hydrogen-bond donors (Lipinski definition) is 0. The maximum atomic E-state index is 12.7. The molecule has 152 valence electrons. The molecule has 0 aliphatic carbocycles. The second kappa shape index (κ2) is 9.47. The van der Waals surface area contributed by atoms with Gasteiger partial charge in [-0.3, -0.25) is 4.79 Å². The number of ether oxygens (including phenoxy) is 2. The Morgan fingerprint density at radius 3 is 2.38 bits per heavy atom. The normalized spacial score (nSPS) is 10.8. The average molecular weight is 418 g/mol. The van der Waals surface area contributed by atoms with E-state index in [1.807, 2.05) is 31.2 Å². The van der Waals surface area contributed by atoms with E-state index in [2.05, 4.69) is 9.72 Å². The van der Waals surface area contributed by atoms with Crippen LogP contribution < -0.4 is 9.47 Å². The average Bonchev–Trinajstić information content (AvgIpc) is 3.19. The van der Waals surface area contributed by atoms with Gasteiger partial charge in [0.1, 0.15) is 22.2 Å². The molecule has 3 rings (SSSR count). The lowest BCUT2D eigenvalue weighted by Gasteiger charge is -2.16. The van der Waals surface area contributed by atoms with Crippen molar-refractivity contribution in [3.63, 3.8) is 0 Å². The number of halogens is 2. The van der Waals surface area contributed by atoms with Crippen molar-refractivity contribution in [1.82, 2.24) is 9.88 Å². The van der Waals surface area contributed by atoms with Gasteiger partial charge in [0.2, 0.25) is 0 Å². The zero-order valence-electron chi connectivity index (χ0n) is 16.0. The van der Waals surface area contributed by atoms with E-state index < -0.39 is 6.61 Å². The third-order valence-electron chi connectivity index (χ3n) is 4.05. The molecule has 1 heterocycles. The van der Waals surface area contributed by atoms with Crippen molar-refractivity contribution in [1.29, 1.82) is 0 Å². The van der Waals surface area contributed by atoms with E-state index in [1.165, 1.54) is 28.4 Å². The third kappa shape index (κ3) is 5.51. The van der Waals surface area contributed by atoms with Crippen molar-refractivity contribution in [3.8, 4) is 22.1 Å². The van der Waals surface area contributed by atoms with Crippen molar-refractivity contribution in [2.45, 2.75) is 20.1 Å². The fourth-order valence-electron chi connectivity index (χ4n) is 2.68. The van der Waals surface area contributed by atoms with Gasteiger partial charge in [0.25, 0.3) is 5.91 Å². The number of hydrogen-bond acceptors (Lipinski definition) is 5. The van der Waals surface area contributed by atoms with E-state index in [0.717, 1.165) is 21.9 Å². The van der Waals surface area contributed by atoms with E-state index in [0.29, 0.717) is 18.8 Å². The summed E-state index contributed by atoms with van der Waals surface area (Å²) in [5.74, 6) is 0.650. The minimum absolute atomic E-state index is 0.0808. The van der Waals surface area contributed by atoms with Crippen LogP contribution in [0.4, 0.5) is 8.78 Å². The van der Waals surface area contributed by atoms with Gasteiger partial charge in [-0.05, 0) is 48.9 Å². The van der Waals surface area contributed by atoms with Crippen LogP contribution in [-0.2, 0) is 6.54 Å². The first-order valence-corrected chi connectivity index (χ1v) is 9.82. The summed E-state index contributed by atoms with van der Waals surface area (Å²) in [6.07, 6.45) is 0. The lowest BCUT2D eigenvalue weighted by Crippen LogP contribution is -2.26. The van der Waals surface area contributed by atoms with Gasteiger partial charge in [-0.2, -0.15) is 8.78 Å². The van der Waals surface area contributed by atoms with E-state index in [4.69, 9.17) is 4.74 Å². The number of benzene rings is 2. The Hall–Kier alpha value is -3.00. The number of nitrogens with zero attached hydrogens (tertiary/aromatic N) is 2. The monoisotopic (exact) mass is 418 g/mol. The Balaban J connectivity index is 1.64. The molecule has 0 saturated heterocycles. The van der Waals surface area contributed by atoms with Gasteiger partial charge < -0.3 is 14.4 Å². The number of alkyl halides is 2. The molecule has 0 aliphatic heterocycles. The first-order chi connectivity index (χ1) is 14.0. The molecule has 0 N–H and O–H groups in total. The van der Waals surface area contributed by atoms with Gasteiger partial charge in [0, 0.05) is 24.5 Å². The number of aromatic nitrogens is 1. The highest BCUT2D eigenvalue weighted by Gasteiger charge is 2.17. The van der Waals surface area contributed by atoms with Crippen LogP contribution in [-0.4, -0.2) is 36.1 Å². The van der Waals surface area contributed by atoms with Gasteiger partial charge in [-0.15, -0.1) is 11.3 Å². The molecule has 8 heteroatoms. The van der Waals surface area contributed by atoms with Crippen LogP contribution in [0.3, 0.4) is 0 Å². The molecule has 0 unspecified atom stereocenters. The largest absolute Gasteiger partial charge is 0.494 e. The minimum atomic E-state index is -2.86. The quantitative estimate of drug-likeness (QED) is 0.512. The predicted octanol–water partition coefficient (Wildman–Crippen LogP) is 5.08. The second-order valence-corrected chi connectivity index (χ2v) is 7.04. The zero-order valence-corrected chi connectivity index (χ0v) is 16.8. The van der Waals surface area contributed by atoms with Crippen molar-refractivity contribution < 1.29 is 23.0 Å². The number of amides is 1. The first kappa shape index (κ1) is 20.7. The molecule has 0 radical (unpaired) electrons. The highest BCUT2D eigenvalue weighted by atomic mass is 32.1. The molecule has 2 aromatic carbocycles. The number of carbonyl (C=O) groups excluding carboxylic acids is 1. The fraction of sp³-hybridized carbons (Fsp3) is 0.238. The smallest absolute Gasteiger partial charge is 0.387 e. The molecular weight excluding hydrogens is 398 g/mol. The standard InChI is InChI=1S/C21H20F2N2O3S/c1-3-27-16-10-6-15(7-11-16)19-24-18(13-29-19)20(26)25(2)12-14-4-8-17(9-5-14)28-21(22)23/h4-11,13,21H,3,12H2,1-2H3. The summed E-state index contributed by atoms with van der Waals surface area (Å²) in [5.41, 5.74) is 2.07. The molecule has 3 aromatic rings. The van der Waals surface area contributed by atoms with Crippen molar-refractivity contribution in [2.24, 2.45) is 0 Å². The lowest BCUT2D eigenvalue weighted by molar-refractivity contribution is -0.0498. The molecule has 0 atom stereocenters. The first-order valence-electron chi connectivity index (χ1n) is 8.94. The molecule has 0 bridgehead atoms. The van der Waals surface area contributed by atoms with E-state index >= 15 is 0 Å². The van der Waals surface area contributed by atoms with Crippen molar-refractivity contribution >= 4 is 17.2 Å². The van der Waals surface area contributed by atoms with Crippen LogP contribution in [0, 0.1) is 0 Å². The minimum Gasteiger partial charge on any atom is -0.494 e. The number of rotatable bonds is 8. The van der Waals surface area contributed by atoms with Crippen LogP contribution in [0.25, 0.3) is 10.6 Å². The van der Waals surface area contributed by atoms with Crippen LogP contribution in [0.2, 0.25) is 0 Å².